The lowest BCUT2D eigenvalue weighted by molar-refractivity contribution is 0.0180. The summed E-state index contributed by atoms with van der Waals surface area (Å²) in [6.07, 6.45) is -2.63. The van der Waals surface area contributed by atoms with Gasteiger partial charge in [0.05, 0.1) is 6.04 Å². The fourth-order valence-corrected chi connectivity index (χ4v) is 2.17. The van der Waals surface area contributed by atoms with Gasteiger partial charge in [-0.05, 0) is 17.7 Å². The normalized spacial score (nSPS) is 19.2. The van der Waals surface area contributed by atoms with E-state index in [1.54, 1.807) is 4.90 Å². The number of nitrogens with one attached hydrogen (secondary N) is 1. The van der Waals surface area contributed by atoms with Crippen molar-refractivity contribution in [2.24, 2.45) is 0 Å². The van der Waals surface area contributed by atoms with Gasteiger partial charge in [-0.1, -0.05) is 6.07 Å². The molecular weight excluding hydrogens is 248 g/mol. The minimum Gasteiger partial charge on any atom is -0.314 e. The lowest BCUT2D eigenvalue weighted by atomic mass is 10.0. The van der Waals surface area contributed by atoms with E-state index in [4.69, 9.17) is 0 Å². The van der Waals surface area contributed by atoms with E-state index < -0.39 is 24.1 Å². The quantitative estimate of drug-likeness (QED) is 0.840. The first-order valence-corrected chi connectivity index (χ1v) is 5.77. The molecule has 1 N–H and O–H groups in total. The van der Waals surface area contributed by atoms with Crippen molar-refractivity contribution in [1.82, 2.24) is 10.2 Å². The largest absolute Gasteiger partial charge is 0.314 e. The van der Waals surface area contributed by atoms with Crippen LogP contribution in [0.1, 0.15) is 11.6 Å². The van der Waals surface area contributed by atoms with Crippen LogP contribution in [0.3, 0.4) is 0 Å². The summed E-state index contributed by atoms with van der Waals surface area (Å²) in [5.74, 6) is -2.11. The zero-order chi connectivity index (χ0) is 13.1. The van der Waals surface area contributed by atoms with Gasteiger partial charge in [-0.2, -0.15) is 0 Å². The number of halogens is 4. The highest BCUT2D eigenvalue weighted by molar-refractivity contribution is 5.22. The van der Waals surface area contributed by atoms with Crippen LogP contribution in [0.2, 0.25) is 0 Å². The van der Waals surface area contributed by atoms with E-state index in [9.17, 15) is 17.6 Å². The topological polar surface area (TPSA) is 15.3 Å². The highest BCUT2D eigenvalue weighted by Crippen LogP contribution is 2.28. The Bertz CT molecular complexity index is 405. The minimum atomic E-state index is -2.63. The van der Waals surface area contributed by atoms with E-state index in [2.05, 4.69) is 5.32 Å². The van der Waals surface area contributed by atoms with Crippen LogP contribution in [0.25, 0.3) is 0 Å². The molecule has 2 nitrogen and oxygen atoms in total. The van der Waals surface area contributed by atoms with Gasteiger partial charge in [0.15, 0.2) is 11.6 Å². The summed E-state index contributed by atoms with van der Waals surface area (Å²) in [6, 6.07) is 1.79. The molecule has 0 aliphatic carbocycles. The van der Waals surface area contributed by atoms with Crippen molar-refractivity contribution >= 4 is 0 Å². The number of hydrogen-bond acceptors (Lipinski definition) is 2. The van der Waals surface area contributed by atoms with Gasteiger partial charge in [-0.25, -0.2) is 17.6 Å². The van der Waals surface area contributed by atoms with Crippen molar-refractivity contribution in [2.75, 3.05) is 26.2 Å². The van der Waals surface area contributed by atoms with Crippen LogP contribution >= 0.6 is 0 Å². The molecule has 1 aliphatic rings. The maximum Gasteiger partial charge on any atom is 0.258 e. The fraction of sp³-hybridized carbons (Fsp3) is 0.500. The number of benzene rings is 1. The molecule has 1 aliphatic heterocycles. The summed E-state index contributed by atoms with van der Waals surface area (Å²) in [6.45, 7) is 2.17. The molecule has 1 aromatic rings. The van der Waals surface area contributed by atoms with E-state index >= 15 is 0 Å². The maximum absolute atomic E-state index is 13.1. The first-order valence-electron chi connectivity index (χ1n) is 5.77. The molecule has 18 heavy (non-hydrogen) atoms. The number of hydrogen-bond donors (Lipinski definition) is 1. The molecule has 6 heteroatoms. The average molecular weight is 262 g/mol. The molecule has 0 unspecified atom stereocenters. The maximum atomic E-state index is 13.1. The lowest BCUT2D eigenvalue weighted by Crippen LogP contribution is -2.46. The molecule has 0 bridgehead atoms. The van der Waals surface area contributed by atoms with Crippen LogP contribution in [0.4, 0.5) is 17.6 Å². The molecule has 0 amide bonds. The van der Waals surface area contributed by atoms with Gasteiger partial charge in [0, 0.05) is 26.2 Å². The van der Waals surface area contributed by atoms with Crippen LogP contribution in [0, 0.1) is 11.6 Å². The third-order valence-electron chi connectivity index (χ3n) is 3.07. The third kappa shape index (κ3) is 2.81. The Balaban J connectivity index is 2.25. The van der Waals surface area contributed by atoms with Crippen molar-refractivity contribution in [3.63, 3.8) is 0 Å². The molecule has 1 heterocycles. The Hall–Kier alpha value is -1.14. The van der Waals surface area contributed by atoms with Crippen LogP contribution in [0.5, 0.6) is 0 Å². The SMILES string of the molecule is Fc1ccc([C@H](C(F)F)N2CCNCC2)cc1F. The van der Waals surface area contributed by atoms with Gasteiger partial charge in [0.25, 0.3) is 6.43 Å². The van der Waals surface area contributed by atoms with Crippen molar-refractivity contribution in [3.8, 4) is 0 Å². The Morgan fingerprint density at radius 2 is 1.72 bits per heavy atom. The standard InChI is InChI=1S/C12H14F4N2/c13-9-2-1-8(7-10(9)14)11(12(15)16)18-5-3-17-4-6-18/h1-2,7,11-12,17H,3-6H2/t11-/m1/s1. The second-order valence-electron chi connectivity index (χ2n) is 4.24. The molecule has 0 aromatic heterocycles. The predicted molar refractivity (Wildman–Crippen MR) is 59.5 cm³/mol. The smallest absolute Gasteiger partial charge is 0.258 e. The molecule has 2 rings (SSSR count). The molecule has 1 atom stereocenters. The highest BCUT2D eigenvalue weighted by Gasteiger charge is 2.30. The number of nitrogens with zero attached hydrogens (tertiary/aromatic N) is 1. The molecule has 0 spiro atoms. The monoisotopic (exact) mass is 262 g/mol. The van der Waals surface area contributed by atoms with Crippen LogP contribution in [-0.4, -0.2) is 37.5 Å². The average Bonchev–Trinajstić information content (AvgIpc) is 2.35. The first-order chi connectivity index (χ1) is 8.59. The van der Waals surface area contributed by atoms with Gasteiger partial charge in [-0.3, -0.25) is 4.90 Å². The summed E-state index contributed by atoms with van der Waals surface area (Å²) in [7, 11) is 0. The van der Waals surface area contributed by atoms with E-state index in [0.717, 1.165) is 12.1 Å². The summed E-state index contributed by atoms with van der Waals surface area (Å²) >= 11 is 0. The Kier molecular flexibility index (Phi) is 4.19. The van der Waals surface area contributed by atoms with E-state index in [0.29, 0.717) is 26.2 Å². The number of piperazine rings is 1. The van der Waals surface area contributed by atoms with Gasteiger partial charge in [0.2, 0.25) is 0 Å². The molecule has 0 radical (unpaired) electrons. The van der Waals surface area contributed by atoms with Gasteiger partial charge < -0.3 is 5.32 Å². The van der Waals surface area contributed by atoms with Crippen molar-refractivity contribution in [3.05, 3.63) is 35.4 Å². The first kappa shape index (κ1) is 13.3. The molecule has 1 fully saturated rings. The predicted octanol–water partition coefficient (Wildman–Crippen LogP) is 2.18. The molecule has 1 aromatic carbocycles. The summed E-state index contributed by atoms with van der Waals surface area (Å²) in [5.41, 5.74) is 0.116. The Labute approximate surface area is 103 Å². The van der Waals surface area contributed by atoms with Gasteiger partial charge in [0.1, 0.15) is 0 Å². The van der Waals surface area contributed by atoms with E-state index in [1.165, 1.54) is 6.07 Å². The zero-order valence-electron chi connectivity index (χ0n) is 9.67. The van der Waals surface area contributed by atoms with Crippen LogP contribution in [-0.2, 0) is 0 Å². The summed E-state index contributed by atoms with van der Waals surface area (Å²) in [5, 5.41) is 3.06. The molecule has 100 valence electrons. The Morgan fingerprint density at radius 1 is 1.06 bits per heavy atom. The second-order valence-corrected chi connectivity index (χ2v) is 4.24. The minimum absolute atomic E-state index is 0.116. The highest BCUT2D eigenvalue weighted by atomic mass is 19.3. The third-order valence-corrected chi connectivity index (χ3v) is 3.07. The number of rotatable bonds is 3. The van der Waals surface area contributed by atoms with Gasteiger partial charge >= 0.3 is 0 Å². The zero-order valence-corrected chi connectivity index (χ0v) is 9.67. The molecule has 0 saturated carbocycles. The second kappa shape index (κ2) is 5.67. The van der Waals surface area contributed by atoms with E-state index in [1.807, 2.05) is 0 Å². The summed E-state index contributed by atoms with van der Waals surface area (Å²) in [4.78, 5) is 1.59. The van der Waals surface area contributed by atoms with Gasteiger partial charge in [-0.15, -0.1) is 0 Å². The Morgan fingerprint density at radius 3 is 2.28 bits per heavy atom. The molecule has 1 saturated heterocycles. The number of alkyl halides is 2. The van der Waals surface area contributed by atoms with E-state index in [-0.39, 0.29) is 5.56 Å². The summed E-state index contributed by atoms with van der Waals surface area (Å²) < 4.78 is 52.2. The van der Waals surface area contributed by atoms with Crippen LogP contribution in [0.15, 0.2) is 18.2 Å². The van der Waals surface area contributed by atoms with Crippen LogP contribution < -0.4 is 5.32 Å². The van der Waals surface area contributed by atoms with Crippen molar-refractivity contribution in [1.29, 1.82) is 0 Å². The lowest BCUT2D eigenvalue weighted by Gasteiger charge is -2.34. The fourth-order valence-electron chi connectivity index (χ4n) is 2.17. The van der Waals surface area contributed by atoms with Crippen molar-refractivity contribution in [2.45, 2.75) is 12.5 Å². The molecular formula is C12H14F4N2. The van der Waals surface area contributed by atoms with Crippen molar-refractivity contribution < 1.29 is 17.6 Å².